The molecule has 0 aliphatic carbocycles. The number of carbonyl (C=O) groups excluding carboxylic acids is 1. The zero-order chi connectivity index (χ0) is 23.1. The number of pyridine rings is 1. The van der Waals surface area contributed by atoms with E-state index >= 15 is 0 Å². The molecule has 1 N–H and O–H groups in total. The van der Waals surface area contributed by atoms with Crippen LogP contribution in [0.1, 0.15) is 0 Å². The number of anilines is 1. The molecule has 0 bridgehead atoms. The zero-order valence-electron chi connectivity index (χ0n) is 18.1. The number of carbonyl (C=O) groups is 1. The molecule has 33 heavy (non-hydrogen) atoms. The lowest BCUT2D eigenvalue weighted by atomic mass is 10.1. The Morgan fingerprint density at radius 1 is 0.939 bits per heavy atom. The summed E-state index contributed by atoms with van der Waals surface area (Å²) in [5, 5.41) is 4.14. The maximum absolute atomic E-state index is 13.0. The molecule has 164 valence electrons. The van der Waals surface area contributed by atoms with E-state index in [0.717, 1.165) is 26.7 Å². The Hall–Kier alpha value is -4.46. The minimum absolute atomic E-state index is 0.0844. The fourth-order valence-electron chi connectivity index (χ4n) is 4.11. The summed E-state index contributed by atoms with van der Waals surface area (Å²) in [6.07, 6.45) is 1.45. The minimum atomic E-state index is -0.459. The molecule has 3 aromatic heterocycles. The van der Waals surface area contributed by atoms with Gasteiger partial charge in [-0.05, 0) is 23.8 Å². The summed E-state index contributed by atoms with van der Waals surface area (Å²) in [5.74, 6) is -0.253. The van der Waals surface area contributed by atoms with Crippen molar-refractivity contribution >= 4 is 33.5 Å². The first-order valence-electron chi connectivity index (χ1n) is 10.4. The number of nitrogens with zero attached hydrogens (tertiary/aromatic N) is 4. The number of amides is 1. The van der Waals surface area contributed by atoms with Crippen molar-refractivity contribution < 1.29 is 4.79 Å². The highest BCUT2D eigenvalue weighted by Gasteiger charge is 2.15. The maximum Gasteiger partial charge on any atom is 0.332 e. The van der Waals surface area contributed by atoms with E-state index in [1.807, 2.05) is 59.2 Å². The second kappa shape index (κ2) is 7.90. The van der Waals surface area contributed by atoms with Crippen molar-refractivity contribution in [2.75, 3.05) is 5.32 Å². The summed E-state index contributed by atoms with van der Waals surface area (Å²) in [5.41, 5.74) is 2.65. The molecule has 0 aliphatic rings. The molecule has 0 spiro atoms. The first kappa shape index (κ1) is 20.4. The lowest BCUT2D eigenvalue weighted by Gasteiger charge is -2.12. The predicted molar refractivity (Wildman–Crippen MR) is 128 cm³/mol. The second-order valence-electron chi connectivity index (χ2n) is 7.89. The van der Waals surface area contributed by atoms with Gasteiger partial charge in [0.25, 0.3) is 5.56 Å². The lowest BCUT2D eigenvalue weighted by molar-refractivity contribution is -0.116. The van der Waals surface area contributed by atoms with Crippen molar-refractivity contribution in [3.8, 4) is 11.3 Å². The van der Waals surface area contributed by atoms with Gasteiger partial charge in [-0.25, -0.2) is 9.78 Å². The Labute approximate surface area is 188 Å². The molecule has 0 atom stereocenters. The summed E-state index contributed by atoms with van der Waals surface area (Å²) in [4.78, 5) is 41.9. The molecular formula is C25H21N5O3. The molecule has 0 radical (unpaired) electrons. The smallest absolute Gasteiger partial charge is 0.331 e. The Balaban J connectivity index is 1.51. The molecule has 0 saturated heterocycles. The topological polar surface area (TPSA) is 90.9 Å². The highest BCUT2D eigenvalue weighted by atomic mass is 16.2. The number of nitrogens with one attached hydrogen (secondary N) is 1. The maximum atomic E-state index is 13.0. The third kappa shape index (κ3) is 3.51. The van der Waals surface area contributed by atoms with Crippen LogP contribution in [0.3, 0.4) is 0 Å². The van der Waals surface area contributed by atoms with Gasteiger partial charge in [-0.15, -0.1) is 0 Å². The normalized spacial score (nSPS) is 11.2. The van der Waals surface area contributed by atoms with Crippen molar-refractivity contribution in [1.82, 2.24) is 18.7 Å². The summed E-state index contributed by atoms with van der Waals surface area (Å²) in [6.45, 7) is 0.0844. The van der Waals surface area contributed by atoms with Crippen molar-refractivity contribution in [1.29, 1.82) is 0 Å². The van der Waals surface area contributed by atoms with Crippen LogP contribution < -0.4 is 16.6 Å². The van der Waals surface area contributed by atoms with E-state index in [4.69, 9.17) is 0 Å². The average Bonchev–Trinajstić information content (AvgIpc) is 3.20. The largest absolute Gasteiger partial charge is 0.332 e. The van der Waals surface area contributed by atoms with Crippen LogP contribution in [0.5, 0.6) is 0 Å². The molecule has 1 amide bonds. The van der Waals surface area contributed by atoms with E-state index in [1.165, 1.54) is 17.8 Å². The number of hydrogen-bond donors (Lipinski definition) is 1. The van der Waals surface area contributed by atoms with Crippen LogP contribution in [-0.4, -0.2) is 24.6 Å². The number of benzene rings is 2. The minimum Gasteiger partial charge on any atom is -0.331 e. The summed E-state index contributed by atoms with van der Waals surface area (Å²) >= 11 is 0. The lowest BCUT2D eigenvalue weighted by Crippen LogP contribution is -2.37. The predicted octanol–water partition coefficient (Wildman–Crippen LogP) is 2.89. The van der Waals surface area contributed by atoms with E-state index in [-0.39, 0.29) is 23.5 Å². The number of aromatic nitrogens is 4. The highest BCUT2D eigenvalue weighted by Crippen LogP contribution is 2.28. The zero-order valence-corrected chi connectivity index (χ0v) is 18.1. The Morgan fingerprint density at radius 3 is 2.45 bits per heavy atom. The fourth-order valence-corrected chi connectivity index (χ4v) is 4.11. The van der Waals surface area contributed by atoms with Crippen molar-refractivity contribution in [2.24, 2.45) is 14.1 Å². The standard InChI is InChI=1S/C25H21N5O3/c1-28-23-19(24(32)29(2)25(28)33)13-18(14-26-23)27-22(31)15-30-20-11-7-6-10-17(20)12-21(30)16-8-4-3-5-9-16/h3-14H,15H2,1-2H3,(H,27,31). The van der Waals surface area contributed by atoms with Crippen LogP contribution in [0.2, 0.25) is 0 Å². The van der Waals surface area contributed by atoms with E-state index in [0.29, 0.717) is 5.69 Å². The van der Waals surface area contributed by atoms with Gasteiger partial charge >= 0.3 is 5.69 Å². The molecule has 0 unspecified atom stereocenters. The van der Waals surface area contributed by atoms with Gasteiger partial charge < -0.3 is 9.88 Å². The molecule has 5 rings (SSSR count). The Morgan fingerprint density at radius 2 is 1.67 bits per heavy atom. The summed E-state index contributed by atoms with van der Waals surface area (Å²) < 4.78 is 4.30. The molecule has 0 aliphatic heterocycles. The van der Waals surface area contributed by atoms with Gasteiger partial charge in [0.2, 0.25) is 5.91 Å². The van der Waals surface area contributed by atoms with E-state index < -0.39 is 11.2 Å². The van der Waals surface area contributed by atoms with Crippen molar-refractivity contribution in [2.45, 2.75) is 6.54 Å². The van der Waals surface area contributed by atoms with E-state index in [1.54, 1.807) is 13.1 Å². The number of aryl methyl sites for hydroxylation is 1. The average molecular weight is 439 g/mol. The molecule has 3 heterocycles. The molecule has 8 heteroatoms. The van der Waals surface area contributed by atoms with Gasteiger partial charge in [0, 0.05) is 30.7 Å². The van der Waals surface area contributed by atoms with Gasteiger partial charge in [0.15, 0.2) is 0 Å². The monoisotopic (exact) mass is 439 g/mol. The molecular weight excluding hydrogens is 418 g/mol. The SMILES string of the molecule is Cn1c(=O)c2cc(NC(=O)Cn3c(-c4ccccc4)cc4ccccc43)cnc2n(C)c1=O. The van der Waals surface area contributed by atoms with Crippen LogP contribution >= 0.6 is 0 Å². The Bertz CT molecular complexity index is 1640. The van der Waals surface area contributed by atoms with Crippen LogP contribution in [0.4, 0.5) is 5.69 Å². The van der Waals surface area contributed by atoms with Crippen LogP contribution in [0.15, 0.2) is 82.5 Å². The van der Waals surface area contributed by atoms with Crippen LogP contribution in [-0.2, 0) is 25.4 Å². The van der Waals surface area contributed by atoms with Gasteiger partial charge in [-0.1, -0.05) is 48.5 Å². The number of fused-ring (bicyclic) bond motifs is 2. The molecule has 5 aromatic rings. The first-order valence-corrected chi connectivity index (χ1v) is 10.4. The Kier molecular flexibility index (Phi) is 4.90. The molecule has 8 nitrogen and oxygen atoms in total. The van der Waals surface area contributed by atoms with Gasteiger partial charge in [-0.3, -0.25) is 18.7 Å². The van der Waals surface area contributed by atoms with E-state index in [9.17, 15) is 14.4 Å². The van der Waals surface area contributed by atoms with Gasteiger partial charge in [0.05, 0.1) is 17.3 Å². The highest BCUT2D eigenvalue weighted by molar-refractivity contribution is 5.95. The van der Waals surface area contributed by atoms with Crippen molar-refractivity contribution in [3.05, 3.63) is 93.8 Å². The van der Waals surface area contributed by atoms with Gasteiger partial charge in [0.1, 0.15) is 12.2 Å². The summed E-state index contributed by atoms with van der Waals surface area (Å²) in [6, 6.07) is 21.4. The van der Waals surface area contributed by atoms with Gasteiger partial charge in [-0.2, -0.15) is 0 Å². The number of rotatable bonds is 4. The number of hydrogen-bond acceptors (Lipinski definition) is 4. The quantitative estimate of drug-likeness (QED) is 0.466. The van der Waals surface area contributed by atoms with E-state index in [2.05, 4.69) is 16.4 Å². The molecule has 2 aromatic carbocycles. The third-order valence-corrected chi connectivity index (χ3v) is 5.76. The van der Waals surface area contributed by atoms with Crippen LogP contribution in [0.25, 0.3) is 33.2 Å². The first-order chi connectivity index (χ1) is 15.9. The molecule has 0 fully saturated rings. The number of para-hydroxylation sites is 1. The third-order valence-electron chi connectivity index (χ3n) is 5.76. The second-order valence-corrected chi connectivity index (χ2v) is 7.89. The summed E-state index contributed by atoms with van der Waals surface area (Å²) in [7, 11) is 2.97. The van der Waals surface area contributed by atoms with Crippen LogP contribution in [0, 0.1) is 0 Å². The fraction of sp³-hybridized carbons (Fsp3) is 0.120. The molecule has 0 saturated carbocycles. The van der Waals surface area contributed by atoms with Crippen molar-refractivity contribution in [3.63, 3.8) is 0 Å².